The zero-order chi connectivity index (χ0) is 14.8. The molecule has 0 saturated carbocycles. The van der Waals surface area contributed by atoms with Crippen molar-refractivity contribution in [2.75, 3.05) is 12.4 Å². The van der Waals surface area contributed by atoms with E-state index in [1.807, 2.05) is 0 Å². The molecule has 1 N–H and O–H groups in total. The first-order valence-electron chi connectivity index (χ1n) is 4.54. The lowest BCUT2D eigenvalue weighted by Crippen LogP contribution is -2.41. The van der Waals surface area contributed by atoms with Crippen molar-refractivity contribution < 1.29 is 31.6 Å². The molecule has 0 radical (unpaired) electrons. The first-order valence-corrected chi connectivity index (χ1v) is 4.54. The molecule has 0 fully saturated rings. The summed E-state index contributed by atoms with van der Waals surface area (Å²) >= 11 is 0. The van der Waals surface area contributed by atoms with Crippen LogP contribution in [0.2, 0.25) is 0 Å². The van der Waals surface area contributed by atoms with E-state index in [1.165, 1.54) is 7.05 Å². The highest BCUT2D eigenvalue weighted by Crippen LogP contribution is 2.38. The van der Waals surface area contributed by atoms with E-state index >= 15 is 0 Å². The molecule has 0 unspecified atom stereocenters. The summed E-state index contributed by atoms with van der Waals surface area (Å²) < 4.78 is 64.2. The fourth-order valence-corrected chi connectivity index (χ4v) is 1.03. The molecule has 0 spiro atoms. The number of nitrogens with zero attached hydrogens (tertiary/aromatic N) is 2. The number of anilines is 1. The van der Waals surface area contributed by atoms with Gasteiger partial charge in [-0.2, -0.15) is 22.0 Å². The summed E-state index contributed by atoms with van der Waals surface area (Å²) in [6, 6.07) is 0.415. The monoisotopic (exact) mass is 287 g/mol. The number of halogens is 5. The van der Waals surface area contributed by atoms with Crippen molar-refractivity contribution in [3.8, 4) is 5.75 Å². The predicted octanol–water partition coefficient (Wildman–Crippen LogP) is 2.57. The summed E-state index contributed by atoms with van der Waals surface area (Å²) in [7, 11) is 1.26. The summed E-state index contributed by atoms with van der Waals surface area (Å²) in [5.41, 5.74) is -0.794. The number of aromatic nitrogens is 1. The zero-order valence-corrected chi connectivity index (χ0v) is 9.16. The Morgan fingerprint density at radius 1 is 1.37 bits per heavy atom. The van der Waals surface area contributed by atoms with Gasteiger partial charge in [-0.1, -0.05) is 0 Å². The molecular formula is C8H6F5N3O3. The van der Waals surface area contributed by atoms with Crippen molar-refractivity contribution in [3.05, 3.63) is 22.4 Å². The van der Waals surface area contributed by atoms with Crippen molar-refractivity contribution in [2.45, 2.75) is 12.3 Å². The van der Waals surface area contributed by atoms with Crippen LogP contribution in [0.1, 0.15) is 0 Å². The van der Waals surface area contributed by atoms with Crippen molar-refractivity contribution in [1.82, 2.24) is 4.98 Å². The molecule has 0 aromatic carbocycles. The van der Waals surface area contributed by atoms with Crippen molar-refractivity contribution in [3.63, 3.8) is 0 Å². The quantitative estimate of drug-likeness (QED) is 0.523. The molecule has 11 heteroatoms. The van der Waals surface area contributed by atoms with Crippen LogP contribution in [-0.4, -0.2) is 29.2 Å². The molecule has 0 bridgehead atoms. The van der Waals surface area contributed by atoms with Crippen molar-refractivity contribution >= 4 is 11.5 Å². The molecule has 106 valence electrons. The Bertz CT molecular complexity index is 491. The molecule has 0 aliphatic rings. The second kappa shape index (κ2) is 4.82. The maximum absolute atomic E-state index is 12.6. The summed E-state index contributed by atoms with van der Waals surface area (Å²) in [6.45, 7) is 0. The standard InChI is InChI=1S/C8H6F5N3O3/c1-14-6-5(16(17)18)2-4(3-15-6)19-8(12,13)7(9,10)11/h2-3H,1H3,(H,14,15). The minimum Gasteiger partial charge on any atom is -0.424 e. The molecule has 0 atom stereocenters. The van der Waals surface area contributed by atoms with Gasteiger partial charge in [0.15, 0.2) is 5.75 Å². The molecule has 1 aromatic heterocycles. The maximum atomic E-state index is 12.6. The van der Waals surface area contributed by atoms with E-state index in [1.54, 1.807) is 0 Å². The highest BCUT2D eigenvalue weighted by Gasteiger charge is 2.61. The van der Waals surface area contributed by atoms with Crippen molar-refractivity contribution in [2.24, 2.45) is 0 Å². The number of nitrogens with one attached hydrogen (secondary N) is 1. The first kappa shape index (κ1) is 14.9. The third kappa shape index (κ3) is 3.17. The molecule has 1 rings (SSSR count). The number of alkyl halides is 5. The summed E-state index contributed by atoms with van der Waals surface area (Å²) in [5.74, 6) is -1.37. The van der Waals surface area contributed by atoms with Gasteiger partial charge in [0.1, 0.15) is 0 Å². The number of rotatable bonds is 4. The summed E-state index contributed by atoms with van der Waals surface area (Å²) in [4.78, 5) is 12.9. The van der Waals surface area contributed by atoms with Gasteiger partial charge < -0.3 is 10.1 Å². The van der Waals surface area contributed by atoms with Gasteiger partial charge in [-0.25, -0.2) is 4.98 Å². The lowest BCUT2D eigenvalue weighted by molar-refractivity contribution is -0.384. The van der Waals surface area contributed by atoms with E-state index in [2.05, 4.69) is 15.0 Å². The van der Waals surface area contributed by atoms with Crippen LogP contribution < -0.4 is 10.1 Å². The van der Waals surface area contributed by atoms with Crippen molar-refractivity contribution in [1.29, 1.82) is 0 Å². The lowest BCUT2D eigenvalue weighted by atomic mass is 10.3. The molecule has 1 aromatic rings. The number of pyridine rings is 1. The minimum atomic E-state index is -5.94. The summed E-state index contributed by atoms with van der Waals surface area (Å²) in [5, 5.41) is 12.8. The Morgan fingerprint density at radius 2 is 1.95 bits per heavy atom. The Hall–Kier alpha value is -2.20. The van der Waals surface area contributed by atoms with E-state index in [9.17, 15) is 32.1 Å². The highest BCUT2D eigenvalue weighted by molar-refractivity contribution is 5.57. The minimum absolute atomic E-state index is 0.298. The van der Waals surface area contributed by atoms with E-state index < -0.39 is 28.6 Å². The Kier molecular flexibility index (Phi) is 3.77. The van der Waals surface area contributed by atoms with Crippen LogP contribution in [0.15, 0.2) is 12.3 Å². The van der Waals surface area contributed by atoms with Crippen LogP contribution in [0.4, 0.5) is 33.5 Å². The van der Waals surface area contributed by atoms with E-state index in [4.69, 9.17) is 0 Å². The van der Waals surface area contributed by atoms with E-state index in [0.29, 0.717) is 12.3 Å². The van der Waals surface area contributed by atoms with Gasteiger partial charge in [0.25, 0.3) is 0 Å². The van der Waals surface area contributed by atoms with E-state index in [-0.39, 0.29) is 5.82 Å². The Morgan fingerprint density at radius 3 is 2.37 bits per heavy atom. The molecule has 0 aliphatic carbocycles. The third-order valence-electron chi connectivity index (χ3n) is 1.85. The number of nitro groups is 1. The van der Waals surface area contributed by atoms with Gasteiger partial charge in [-0.15, -0.1) is 0 Å². The van der Waals surface area contributed by atoms with Crippen LogP contribution in [-0.2, 0) is 0 Å². The topological polar surface area (TPSA) is 77.3 Å². The van der Waals surface area contributed by atoms with Gasteiger partial charge in [0, 0.05) is 7.05 Å². The van der Waals surface area contributed by atoms with Crippen LogP contribution >= 0.6 is 0 Å². The number of hydrogen-bond acceptors (Lipinski definition) is 5. The third-order valence-corrected chi connectivity index (χ3v) is 1.85. The molecule has 0 saturated heterocycles. The normalized spacial score (nSPS) is 12.1. The SMILES string of the molecule is CNc1ncc(OC(F)(F)C(F)(F)F)cc1[N+](=O)[O-]. The molecule has 1 heterocycles. The van der Waals surface area contributed by atoms with Gasteiger partial charge in [0.05, 0.1) is 17.2 Å². The largest absolute Gasteiger partial charge is 0.499 e. The second-order valence-electron chi connectivity index (χ2n) is 3.16. The molecule has 19 heavy (non-hydrogen) atoms. The summed E-state index contributed by atoms with van der Waals surface area (Å²) in [6.07, 6.45) is -10.9. The Labute approximate surface area is 102 Å². The number of hydrogen-bond donors (Lipinski definition) is 1. The van der Waals surface area contributed by atoms with Crippen LogP contribution in [0, 0.1) is 10.1 Å². The van der Waals surface area contributed by atoms with Crippen LogP contribution in [0.25, 0.3) is 0 Å². The molecular weight excluding hydrogens is 281 g/mol. The number of ether oxygens (including phenoxy) is 1. The Balaban J connectivity index is 3.11. The van der Waals surface area contributed by atoms with Gasteiger partial charge in [-0.3, -0.25) is 10.1 Å². The van der Waals surface area contributed by atoms with Crippen LogP contribution in [0.5, 0.6) is 5.75 Å². The first-order chi connectivity index (χ1) is 8.58. The zero-order valence-electron chi connectivity index (χ0n) is 9.16. The van der Waals surface area contributed by atoms with Gasteiger partial charge in [0.2, 0.25) is 5.82 Å². The molecule has 0 amide bonds. The van der Waals surface area contributed by atoms with E-state index in [0.717, 1.165) is 0 Å². The van der Waals surface area contributed by atoms with Gasteiger partial charge >= 0.3 is 18.0 Å². The molecule has 6 nitrogen and oxygen atoms in total. The van der Waals surface area contributed by atoms with Gasteiger partial charge in [-0.05, 0) is 0 Å². The lowest BCUT2D eigenvalue weighted by Gasteiger charge is -2.19. The fourth-order valence-electron chi connectivity index (χ4n) is 1.03. The smallest absolute Gasteiger partial charge is 0.424 e. The highest BCUT2D eigenvalue weighted by atomic mass is 19.4. The molecule has 0 aliphatic heterocycles. The maximum Gasteiger partial charge on any atom is 0.499 e. The fraction of sp³-hybridized carbons (Fsp3) is 0.375. The average molecular weight is 287 g/mol. The average Bonchev–Trinajstić information content (AvgIpc) is 2.26. The second-order valence-corrected chi connectivity index (χ2v) is 3.16. The predicted molar refractivity (Wildman–Crippen MR) is 52.1 cm³/mol. The van der Waals surface area contributed by atoms with Crippen LogP contribution in [0.3, 0.4) is 0 Å².